The van der Waals surface area contributed by atoms with Gasteiger partial charge in [-0.05, 0) is 40.8 Å². The second kappa shape index (κ2) is 3.75. The van der Waals surface area contributed by atoms with E-state index in [1.54, 1.807) is 19.2 Å². The number of phenols is 1. The van der Waals surface area contributed by atoms with Crippen molar-refractivity contribution in [1.82, 2.24) is 5.32 Å². The summed E-state index contributed by atoms with van der Waals surface area (Å²) < 4.78 is 0.736. The first kappa shape index (κ1) is 9.31. The number of carbonyl (C=O) groups is 1. The molecule has 1 amide bonds. The highest BCUT2D eigenvalue weighted by atomic mass is 127. The molecule has 0 aromatic heterocycles. The second-order valence-corrected chi connectivity index (χ2v) is 3.41. The van der Waals surface area contributed by atoms with Crippen LogP contribution in [0.3, 0.4) is 0 Å². The number of hydrogen-bond donors (Lipinski definition) is 2. The number of carbonyl (C=O) groups excluding carboxylic acids is 1. The van der Waals surface area contributed by atoms with Crippen molar-refractivity contribution in [3.8, 4) is 5.75 Å². The largest absolute Gasteiger partial charge is 0.507 e. The maximum atomic E-state index is 11.1. The van der Waals surface area contributed by atoms with Crippen LogP contribution in [0, 0.1) is 3.57 Å². The Hall–Kier alpha value is -0.780. The maximum absolute atomic E-state index is 11.1. The van der Waals surface area contributed by atoms with Gasteiger partial charge in [0.1, 0.15) is 5.75 Å². The predicted molar refractivity (Wildman–Crippen MR) is 54.2 cm³/mol. The molecular formula is C8H8INO2. The summed E-state index contributed by atoms with van der Waals surface area (Å²) in [6, 6.07) is 4.81. The molecule has 0 unspecified atom stereocenters. The zero-order chi connectivity index (χ0) is 9.14. The Bertz CT molecular complexity index is 312. The normalized spacial score (nSPS) is 9.50. The fourth-order valence-electron chi connectivity index (χ4n) is 0.798. The molecular weight excluding hydrogens is 269 g/mol. The zero-order valence-corrected chi connectivity index (χ0v) is 8.62. The molecule has 1 rings (SSSR count). The third-order valence-electron chi connectivity index (χ3n) is 1.44. The number of halogens is 1. The van der Waals surface area contributed by atoms with Crippen LogP contribution in [-0.2, 0) is 0 Å². The number of rotatable bonds is 1. The minimum atomic E-state index is -0.193. The van der Waals surface area contributed by atoms with E-state index in [1.165, 1.54) is 6.07 Å². The van der Waals surface area contributed by atoms with Gasteiger partial charge in [-0.1, -0.05) is 0 Å². The molecule has 0 bridgehead atoms. The first-order valence-electron chi connectivity index (χ1n) is 3.35. The minimum Gasteiger partial charge on any atom is -0.507 e. The summed E-state index contributed by atoms with van der Waals surface area (Å²) in [5, 5.41) is 11.7. The van der Waals surface area contributed by atoms with Gasteiger partial charge in [-0.2, -0.15) is 0 Å². The average Bonchev–Trinajstić information content (AvgIpc) is 2.08. The van der Waals surface area contributed by atoms with E-state index < -0.39 is 0 Å². The molecule has 0 aliphatic carbocycles. The molecule has 0 fully saturated rings. The van der Waals surface area contributed by atoms with E-state index in [4.69, 9.17) is 0 Å². The van der Waals surface area contributed by atoms with Crippen molar-refractivity contribution >= 4 is 28.5 Å². The summed E-state index contributed by atoms with van der Waals surface area (Å²) >= 11 is 1.99. The van der Waals surface area contributed by atoms with Crippen molar-refractivity contribution in [2.75, 3.05) is 7.05 Å². The quantitative estimate of drug-likeness (QED) is 0.761. The summed E-state index contributed by atoms with van der Waals surface area (Å²) in [6.07, 6.45) is 0. The predicted octanol–water partition coefficient (Wildman–Crippen LogP) is 1.36. The Labute approximate surface area is 83.9 Å². The Morgan fingerprint density at radius 1 is 1.58 bits per heavy atom. The van der Waals surface area contributed by atoms with Gasteiger partial charge < -0.3 is 10.4 Å². The first-order valence-corrected chi connectivity index (χ1v) is 4.43. The molecule has 0 radical (unpaired) electrons. The summed E-state index contributed by atoms with van der Waals surface area (Å²) in [5.74, 6) is -0.0570. The van der Waals surface area contributed by atoms with Crippen LogP contribution in [-0.4, -0.2) is 18.1 Å². The third kappa shape index (κ3) is 1.88. The van der Waals surface area contributed by atoms with Gasteiger partial charge in [-0.3, -0.25) is 4.79 Å². The lowest BCUT2D eigenvalue weighted by Gasteiger charge is -2.01. The number of benzene rings is 1. The van der Waals surface area contributed by atoms with Gasteiger partial charge in [0.15, 0.2) is 0 Å². The molecule has 0 aliphatic heterocycles. The number of aromatic hydroxyl groups is 1. The van der Waals surface area contributed by atoms with Crippen LogP contribution in [0.15, 0.2) is 18.2 Å². The maximum Gasteiger partial charge on any atom is 0.251 e. The van der Waals surface area contributed by atoms with E-state index in [2.05, 4.69) is 5.32 Å². The van der Waals surface area contributed by atoms with E-state index in [1.807, 2.05) is 22.6 Å². The van der Waals surface area contributed by atoms with Gasteiger partial charge in [0, 0.05) is 12.6 Å². The average molecular weight is 277 g/mol. The number of phenolic OH excluding ortho intramolecular Hbond substituents is 1. The molecule has 64 valence electrons. The molecule has 0 spiro atoms. The van der Waals surface area contributed by atoms with Crippen LogP contribution in [0.4, 0.5) is 0 Å². The van der Waals surface area contributed by atoms with Crippen molar-refractivity contribution in [1.29, 1.82) is 0 Å². The zero-order valence-electron chi connectivity index (χ0n) is 6.47. The van der Waals surface area contributed by atoms with Crippen molar-refractivity contribution in [2.24, 2.45) is 0 Å². The highest BCUT2D eigenvalue weighted by molar-refractivity contribution is 14.1. The second-order valence-electron chi connectivity index (χ2n) is 2.25. The van der Waals surface area contributed by atoms with E-state index in [0.29, 0.717) is 5.56 Å². The Morgan fingerprint density at radius 3 is 2.75 bits per heavy atom. The van der Waals surface area contributed by atoms with Crippen LogP contribution >= 0.6 is 22.6 Å². The Balaban J connectivity index is 3.05. The molecule has 0 saturated heterocycles. The SMILES string of the molecule is CNC(=O)c1ccc(I)c(O)c1. The van der Waals surface area contributed by atoms with E-state index in [9.17, 15) is 9.90 Å². The van der Waals surface area contributed by atoms with Gasteiger partial charge >= 0.3 is 0 Å². The van der Waals surface area contributed by atoms with Crippen LogP contribution in [0.2, 0.25) is 0 Å². The Morgan fingerprint density at radius 2 is 2.25 bits per heavy atom. The first-order chi connectivity index (χ1) is 5.65. The fraction of sp³-hybridized carbons (Fsp3) is 0.125. The molecule has 12 heavy (non-hydrogen) atoms. The molecule has 4 heteroatoms. The summed E-state index contributed by atoms with van der Waals surface area (Å²) in [4.78, 5) is 11.1. The molecule has 1 aromatic carbocycles. The molecule has 2 N–H and O–H groups in total. The van der Waals surface area contributed by atoms with Crippen LogP contribution in [0.1, 0.15) is 10.4 Å². The highest BCUT2D eigenvalue weighted by Crippen LogP contribution is 2.20. The van der Waals surface area contributed by atoms with E-state index in [-0.39, 0.29) is 11.7 Å². The van der Waals surface area contributed by atoms with E-state index >= 15 is 0 Å². The van der Waals surface area contributed by atoms with Gasteiger partial charge in [0.25, 0.3) is 5.91 Å². The lowest BCUT2D eigenvalue weighted by atomic mass is 10.2. The van der Waals surface area contributed by atoms with Crippen LogP contribution in [0.25, 0.3) is 0 Å². The molecule has 1 aromatic rings. The van der Waals surface area contributed by atoms with Gasteiger partial charge in [0.05, 0.1) is 3.57 Å². The minimum absolute atomic E-state index is 0.136. The molecule has 0 aliphatic rings. The van der Waals surface area contributed by atoms with Crippen LogP contribution in [0.5, 0.6) is 5.75 Å². The summed E-state index contributed by atoms with van der Waals surface area (Å²) in [5.41, 5.74) is 0.468. The number of nitrogens with one attached hydrogen (secondary N) is 1. The third-order valence-corrected chi connectivity index (χ3v) is 2.35. The lowest BCUT2D eigenvalue weighted by Crippen LogP contribution is -2.17. The van der Waals surface area contributed by atoms with Crippen LogP contribution < -0.4 is 5.32 Å². The van der Waals surface area contributed by atoms with E-state index in [0.717, 1.165) is 3.57 Å². The lowest BCUT2D eigenvalue weighted by molar-refractivity contribution is 0.0962. The molecule has 0 saturated carbocycles. The van der Waals surface area contributed by atoms with Crippen molar-refractivity contribution in [2.45, 2.75) is 0 Å². The molecule has 0 heterocycles. The fourth-order valence-corrected chi connectivity index (χ4v) is 1.13. The van der Waals surface area contributed by atoms with Crippen molar-refractivity contribution < 1.29 is 9.90 Å². The highest BCUT2D eigenvalue weighted by Gasteiger charge is 2.04. The smallest absolute Gasteiger partial charge is 0.251 e. The Kier molecular flexibility index (Phi) is 2.91. The summed E-state index contributed by atoms with van der Waals surface area (Å²) in [6.45, 7) is 0. The topological polar surface area (TPSA) is 49.3 Å². The number of amides is 1. The summed E-state index contributed by atoms with van der Waals surface area (Å²) in [7, 11) is 1.55. The monoisotopic (exact) mass is 277 g/mol. The van der Waals surface area contributed by atoms with Crippen molar-refractivity contribution in [3.63, 3.8) is 0 Å². The standard InChI is InChI=1S/C8H8INO2/c1-10-8(12)5-2-3-6(9)7(11)4-5/h2-4,11H,1H3,(H,10,12). The van der Waals surface area contributed by atoms with Gasteiger partial charge in [-0.15, -0.1) is 0 Å². The van der Waals surface area contributed by atoms with Gasteiger partial charge in [0.2, 0.25) is 0 Å². The molecule has 0 atom stereocenters. The molecule has 3 nitrogen and oxygen atoms in total. The van der Waals surface area contributed by atoms with Gasteiger partial charge in [-0.25, -0.2) is 0 Å². The van der Waals surface area contributed by atoms with Crippen molar-refractivity contribution in [3.05, 3.63) is 27.3 Å². The number of hydrogen-bond acceptors (Lipinski definition) is 2.